The SMILES string of the molecule is CC/C=C\C(C)(OC1=CC=C1NC(=O)CS)S(=O)(=O)c1ccc(C)cc1. The molecule has 0 aliphatic heterocycles. The van der Waals surface area contributed by atoms with E-state index in [2.05, 4.69) is 17.9 Å². The van der Waals surface area contributed by atoms with Crippen LogP contribution >= 0.6 is 12.6 Å². The van der Waals surface area contributed by atoms with Gasteiger partial charge in [-0.25, -0.2) is 8.42 Å². The van der Waals surface area contributed by atoms with Crippen molar-refractivity contribution in [3.8, 4) is 0 Å². The van der Waals surface area contributed by atoms with Crippen LogP contribution in [0.15, 0.2) is 64.9 Å². The topological polar surface area (TPSA) is 72.5 Å². The Morgan fingerprint density at radius 3 is 2.42 bits per heavy atom. The maximum absolute atomic E-state index is 13.2. The molecule has 1 aliphatic rings. The van der Waals surface area contributed by atoms with Gasteiger partial charge in [0.1, 0.15) is 5.76 Å². The van der Waals surface area contributed by atoms with Gasteiger partial charge in [0, 0.05) is 0 Å². The van der Waals surface area contributed by atoms with E-state index < -0.39 is 14.8 Å². The second-order valence-corrected chi connectivity index (χ2v) is 8.67. The van der Waals surface area contributed by atoms with Crippen LogP contribution in [0.3, 0.4) is 0 Å². The normalized spacial score (nSPS) is 16.3. The van der Waals surface area contributed by atoms with Gasteiger partial charge < -0.3 is 10.1 Å². The highest BCUT2D eigenvalue weighted by Crippen LogP contribution is 2.34. The molecule has 0 bridgehead atoms. The Morgan fingerprint density at radius 1 is 1.27 bits per heavy atom. The van der Waals surface area contributed by atoms with E-state index >= 15 is 0 Å². The largest absolute Gasteiger partial charge is 0.465 e. The average Bonchev–Trinajstić information content (AvgIpc) is 2.61. The number of carbonyl (C=O) groups excluding carboxylic acids is 1. The predicted octanol–water partition coefficient (Wildman–Crippen LogP) is 3.30. The summed E-state index contributed by atoms with van der Waals surface area (Å²) in [5.74, 6) is 0.0549. The molecular formula is C19H23NO4S2. The van der Waals surface area contributed by atoms with Gasteiger partial charge in [-0.3, -0.25) is 4.79 Å². The molecule has 0 fully saturated rings. The summed E-state index contributed by atoms with van der Waals surface area (Å²) in [7, 11) is -3.82. The summed E-state index contributed by atoms with van der Waals surface area (Å²) in [5, 5.41) is 2.63. The summed E-state index contributed by atoms with van der Waals surface area (Å²) >= 11 is 3.91. The first-order chi connectivity index (χ1) is 12.2. The van der Waals surface area contributed by atoms with Gasteiger partial charge in [-0.15, -0.1) is 0 Å². The van der Waals surface area contributed by atoms with E-state index in [9.17, 15) is 13.2 Å². The van der Waals surface area contributed by atoms with Crippen LogP contribution in [0.4, 0.5) is 0 Å². The number of ether oxygens (including phenoxy) is 1. The number of aryl methyl sites for hydroxylation is 1. The first-order valence-corrected chi connectivity index (χ1v) is 10.4. The second kappa shape index (κ2) is 8.14. The maximum Gasteiger partial charge on any atom is 0.234 e. The van der Waals surface area contributed by atoms with Crippen LogP contribution in [-0.4, -0.2) is 25.0 Å². The predicted molar refractivity (Wildman–Crippen MR) is 105 cm³/mol. The first-order valence-electron chi connectivity index (χ1n) is 8.24. The molecule has 0 heterocycles. The molecule has 1 N–H and O–H groups in total. The van der Waals surface area contributed by atoms with E-state index in [4.69, 9.17) is 4.74 Å². The molecule has 26 heavy (non-hydrogen) atoms. The number of sulfone groups is 1. The van der Waals surface area contributed by atoms with Crippen LogP contribution in [-0.2, 0) is 19.4 Å². The van der Waals surface area contributed by atoms with Crippen LogP contribution < -0.4 is 5.32 Å². The number of rotatable bonds is 8. The highest BCUT2D eigenvalue weighted by molar-refractivity contribution is 7.92. The summed E-state index contributed by atoms with van der Waals surface area (Å²) in [6, 6.07) is 6.64. The Bertz CT molecular complexity index is 867. The van der Waals surface area contributed by atoms with E-state index in [0.29, 0.717) is 17.9 Å². The van der Waals surface area contributed by atoms with Crippen LogP contribution in [0.1, 0.15) is 25.8 Å². The molecule has 1 amide bonds. The minimum atomic E-state index is -3.82. The molecule has 0 aromatic heterocycles. The smallest absolute Gasteiger partial charge is 0.234 e. The molecule has 0 radical (unpaired) electrons. The number of hydrogen-bond donors (Lipinski definition) is 2. The molecule has 0 saturated heterocycles. The van der Waals surface area contributed by atoms with Crippen molar-refractivity contribution in [3.05, 3.63) is 65.6 Å². The second-order valence-electron chi connectivity index (χ2n) is 6.06. The van der Waals surface area contributed by atoms with Crippen LogP contribution in [0, 0.1) is 6.92 Å². The highest BCUT2D eigenvalue weighted by atomic mass is 32.2. The van der Waals surface area contributed by atoms with Crippen molar-refractivity contribution >= 4 is 28.4 Å². The summed E-state index contributed by atoms with van der Waals surface area (Å²) in [5.41, 5.74) is 1.41. The van der Waals surface area contributed by atoms with Crippen molar-refractivity contribution < 1.29 is 17.9 Å². The van der Waals surface area contributed by atoms with Gasteiger partial charge in [0.2, 0.25) is 20.7 Å². The molecule has 1 aromatic rings. The number of benzene rings is 1. The fourth-order valence-electron chi connectivity index (χ4n) is 2.30. The Kier molecular flexibility index (Phi) is 6.36. The lowest BCUT2D eigenvalue weighted by molar-refractivity contribution is -0.117. The molecule has 0 spiro atoms. The van der Waals surface area contributed by atoms with E-state index in [1.54, 1.807) is 48.6 Å². The van der Waals surface area contributed by atoms with Gasteiger partial charge in [0.05, 0.1) is 16.3 Å². The van der Waals surface area contributed by atoms with E-state index in [1.807, 2.05) is 13.8 Å². The van der Waals surface area contributed by atoms with Gasteiger partial charge >= 0.3 is 0 Å². The minimum absolute atomic E-state index is 0.0271. The molecule has 1 aromatic carbocycles. The number of thiol groups is 1. The van der Waals surface area contributed by atoms with Crippen molar-refractivity contribution in [1.29, 1.82) is 0 Å². The molecule has 0 saturated carbocycles. The molecule has 2 rings (SSSR count). The average molecular weight is 394 g/mol. The van der Waals surface area contributed by atoms with Crippen LogP contribution in [0.5, 0.6) is 0 Å². The van der Waals surface area contributed by atoms with E-state index in [1.165, 1.54) is 6.92 Å². The summed E-state index contributed by atoms with van der Waals surface area (Å²) < 4.78 is 32.3. The van der Waals surface area contributed by atoms with Crippen molar-refractivity contribution in [2.24, 2.45) is 0 Å². The Hall–Kier alpha value is -1.99. The number of nitrogens with one attached hydrogen (secondary N) is 1. The fourth-order valence-corrected chi connectivity index (χ4v) is 3.81. The van der Waals surface area contributed by atoms with Gasteiger partial charge in [0.15, 0.2) is 0 Å². The lowest BCUT2D eigenvalue weighted by Gasteiger charge is -2.31. The van der Waals surface area contributed by atoms with Crippen LogP contribution in [0.2, 0.25) is 0 Å². The van der Waals surface area contributed by atoms with Crippen molar-refractivity contribution in [1.82, 2.24) is 5.32 Å². The summed E-state index contributed by atoms with van der Waals surface area (Å²) in [4.78, 5) is 10.1. The van der Waals surface area contributed by atoms with Gasteiger partial charge in [0.25, 0.3) is 0 Å². The van der Waals surface area contributed by atoms with Crippen molar-refractivity contribution in [2.45, 2.75) is 37.0 Å². The van der Waals surface area contributed by atoms with E-state index in [0.717, 1.165) is 5.56 Å². The van der Waals surface area contributed by atoms with E-state index in [-0.39, 0.29) is 16.6 Å². The zero-order valence-corrected chi connectivity index (χ0v) is 16.7. The molecule has 1 atom stereocenters. The standard InChI is InChI=1S/C19H23NO4S2/c1-4-5-12-19(3,24-17-11-10-16(17)20-18(21)13-25)26(22,23)15-8-6-14(2)7-9-15/h5-12,25H,4,13H2,1-3H3,(H,20,21)/b12-5-. The third-order valence-electron chi connectivity index (χ3n) is 3.92. The first kappa shape index (κ1) is 20.3. The summed E-state index contributed by atoms with van der Waals surface area (Å²) in [6.07, 6.45) is 7.23. The lowest BCUT2D eigenvalue weighted by atomic mass is 10.1. The molecule has 140 valence electrons. The number of carbonyl (C=O) groups is 1. The third kappa shape index (κ3) is 4.22. The summed E-state index contributed by atoms with van der Waals surface area (Å²) in [6.45, 7) is 5.31. The number of amides is 1. The fraction of sp³-hybridized carbons (Fsp3) is 0.316. The molecule has 5 nitrogen and oxygen atoms in total. The number of hydrogen-bond acceptors (Lipinski definition) is 5. The van der Waals surface area contributed by atoms with Crippen molar-refractivity contribution in [2.75, 3.05) is 5.75 Å². The maximum atomic E-state index is 13.2. The zero-order valence-electron chi connectivity index (χ0n) is 15.0. The monoisotopic (exact) mass is 393 g/mol. The third-order valence-corrected chi connectivity index (χ3v) is 6.38. The molecule has 1 unspecified atom stereocenters. The van der Waals surface area contributed by atoms with Gasteiger partial charge in [-0.1, -0.05) is 30.7 Å². The molecule has 7 heteroatoms. The lowest BCUT2D eigenvalue weighted by Crippen LogP contribution is -2.39. The van der Waals surface area contributed by atoms with Gasteiger partial charge in [-0.05, 0) is 50.6 Å². The molecule has 1 aliphatic carbocycles. The van der Waals surface area contributed by atoms with Crippen molar-refractivity contribution in [3.63, 3.8) is 0 Å². The number of allylic oxidation sites excluding steroid dienone is 3. The zero-order chi connectivity index (χ0) is 19.4. The Balaban J connectivity index is 2.32. The van der Waals surface area contributed by atoms with Gasteiger partial charge in [-0.2, -0.15) is 12.6 Å². The Morgan fingerprint density at radius 2 is 1.92 bits per heavy atom. The Labute approximate surface area is 160 Å². The minimum Gasteiger partial charge on any atom is -0.465 e. The molecular weight excluding hydrogens is 370 g/mol. The highest BCUT2D eigenvalue weighted by Gasteiger charge is 2.42. The quantitative estimate of drug-likeness (QED) is 0.525. The van der Waals surface area contributed by atoms with Crippen LogP contribution in [0.25, 0.3) is 0 Å².